The van der Waals surface area contributed by atoms with Gasteiger partial charge in [0.05, 0.1) is 12.1 Å². The molecule has 0 spiro atoms. The van der Waals surface area contributed by atoms with E-state index in [1.807, 2.05) is 27.7 Å². The van der Waals surface area contributed by atoms with Crippen molar-refractivity contribution in [1.29, 1.82) is 0 Å². The van der Waals surface area contributed by atoms with Crippen LogP contribution in [-0.2, 0) is 4.79 Å². The third kappa shape index (κ3) is 4.94. The summed E-state index contributed by atoms with van der Waals surface area (Å²) in [5.74, 6) is 0.431. The van der Waals surface area contributed by atoms with Crippen LogP contribution >= 0.6 is 0 Å². The zero-order valence-electron chi connectivity index (χ0n) is 10.7. The van der Waals surface area contributed by atoms with Crippen LogP contribution in [-0.4, -0.2) is 35.2 Å². The van der Waals surface area contributed by atoms with Crippen LogP contribution in [0.15, 0.2) is 0 Å². The monoisotopic (exact) mass is 228 g/mol. The van der Waals surface area contributed by atoms with Crippen LogP contribution in [0.25, 0.3) is 0 Å². The number of rotatable bonds is 5. The predicted molar refractivity (Wildman–Crippen MR) is 64.1 cm³/mol. The van der Waals surface area contributed by atoms with E-state index < -0.39 is 0 Å². The molecule has 0 aromatic carbocycles. The molecule has 0 saturated heterocycles. The van der Waals surface area contributed by atoms with E-state index in [0.717, 1.165) is 12.8 Å². The number of amides is 1. The van der Waals surface area contributed by atoms with E-state index in [2.05, 4.69) is 10.6 Å². The summed E-state index contributed by atoms with van der Waals surface area (Å²) in [5.41, 5.74) is -0.206. The Morgan fingerprint density at radius 3 is 2.44 bits per heavy atom. The van der Waals surface area contributed by atoms with Crippen LogP contribution in [0, 0.1) is 5.92 Å². The summed E-state index contributed by atoms with van der Waals surface area (Å²) in [7, 11) is 0. The van der Waals surface area contributed by atoms with Gasteiger partial charge in [-0.2, -0.15) is 0 Å². The van der Waals surface area contributed by atoms with E-state index in [4.69, 9.17) is 0 Å². The zero-order chi connectivity index (χ0) is 12.3. The highest BCUT2D eigenvalue weighted by Gasteiger charge is 2.30. The minimum absolute atomic E-state index is 0.0181. The van der Waals surface area contributed by atoms with E-state index in [1.165, 1.54) is 0 Å². The molecule has 2 atom stereocenters. The van der Waals surface area contributed by atoms with Gasteiger partial charge in [-0.25, -0.2) is 0 Å². The average molecular weight is 228 g/mol. The molecule has 0 aliphatic heterocycles. The first-order valence-electron chi connectivity index (χ1n) is 6.03. The first-order valence-corrected chi connectivity index (χ1v) is 6.03. The number of nitrogens with one attached hydrogen (secondary N) is 2. The minimum atomic E-state index is -0.301. The topological polar surface area (TPSA) is 61.4 Å². The Kier molecular flexibility index (Phi) is 4.33. The molecule has 0 bridgehead atoms. The first kappa shape index (κ1) is 13.5. The van der Waals surface area contributed by atoms with Crippen LogP contribution in [0.3, 0.4) is 0 Å². The minimum Gasteiger partial charge on any atom is -0.392 e. The number of carbonyl (C=O) groups excluding carboxylic acids is 1. The van der Waals surface area contributed by atoms with E-state index in [-0.39, 0.29) is 23.6 Å². The van der Waals surface area contributed by atoms with Gasteiger partial charge in [0.15, 0.2) is 0 Å². The fourth-order valence-electron chi connectivity index (χ4n) is 1.52. The fourth-order valence-corrected chi connectivity index (χ4v) is 1.52. The van der Waals surface area contributed by atoms with Gasteiger partial charge in [-0.15, -0.1) is 0 Å². The van der Waals surface area contributed by atoms with Gasteiger partial charge < -0.3 is 15.7 Å². The van der Waals surface area contributed by atoms with Gasteiger partial charge in [-0.05, 0) is 46.5 Å². The van der Waals surface area contributed by atoms with Gasteiger partial charge >= 0.3 is 0 Å². The lowest BCUT2D eigenvalue weighted by atomic mass is 10.1. The molecule has 0 aromatic rings. The predicted octanol–water partition coefficient (Wildman–Crippen LogP) is 0.650. The lowest BCUT2D eigenvalue weighted by Crippen LogP contribution is -2.50. The van der Waals surface area contributed by atoms with Gasteiger partial charge in [0.1, 0.15) is 0 Å². The van der Waals surface area contributed by atoms with Crippen molar-refractivity contribution in [1.82, 2.24) is 10.6 Å². The smallest absolute Gasteiger partial charge is 0.237 e. The summed E-state index contributed by atoms with van der Waals surface area (Å²) < 4.78 is 0. The molecule has 16 heavy (non-hydrogen) atoms. The standard InChI is InChI=1S/C12H24N2O2/c1-8(11(16)14-12(2,3)4)13-7-10(15)9-5-6-9/h8-10,13,15H,5-7H2,1-4H3,(H,14,16). The average Bonchev–Trinajstić information content (AvgIpc) is 2.93. The fraction of sp³-hybridized carbons (Fsp3) is 0.917. The zero-order valence-corrected chi connectivity index (χ0v) is 10.7. The summed E-state index contributed by atoms with van der Waals surface area (Å²) >= 11 is 0. The third-order valence-corrected chi connectivity index (χ3v) is 2.69. The molecule has 1 aliphatic carbocycles. The van der Waals surface area contributed by atoms with Crippen LogP contribution in [0.4, 0.5) is 0 Å². The number of aliphatic hydroxyl groups is 1. The molecule has 4 nitrogen and oxygen atoms in total. The molecular formula is C12H24N2O2. The number of hydrogen-bond acceptors (Lipinski definition) is 3. The second kappa shape index (κ2) is 5.15. The molecule has 3 N–H and O–H groups in total. The molecule has 1 saturated carbocycles. The van der Waals surface area contributed by atoms with Crippen LogP contribution in [0.5, 0.6) is 0 Å². The van der Waals surface area contributed by atoms with Gasteiger partial charge in [0.25, 0.3) is 0 Å². The van der Waals surface area contributed by atoms with Crippen molar-refractivity contribution in [3.8, 4) is 0 Å². The van der Waals surface area contributed by atoms with Crippen LogP contribution in [0.2, 0.25) is 0 Å². The number of aliphatic hydroxyl groups excluding tert-OH is 1. The lowest BCUT2D eigenvalue weighted by molar-refractivity contribution is -0.124. The number of hydrogen-bond donors (Lipinski definition) is 3. The molecule has 1 fully saturated rings. The molecular weight excluding hydrogens is 204 g/mol. The van der Waals surface area contributed by atoms with E-state index in [0.29, 0.717) is 12.5 Å². The Morgan fingerprint density at radius 1 is 1.44 bits per heavy atom. The van der Waals surface area contributed by atoms with E-state index in [1.54, 1.807) is 0 Å². The maximum atomic E-state index is 11.7. The van der Waals surface area contributed by atoms with Gasteiger partial charge in [0.2, 0.25) is 5.91 Å². The molecule has 0 aromatic heterocycles. The van der Waals surface area contributed by atoms with Gasteiger partial charge in [-0.1, -0.05) is 0 Å². The molecule has 2 unspecified atom stereocenters. The van der Waals surface area contributed by atoms with Crippen molar-refractivity contribution >= 4 is 5.91 Å². The van der Waals surface area contributed by atoms with Crippen molar-refractivity contribution in [3.63, 3.8) is 0 Å². The Balaban J connectivity index is 2.22. The van der Waals surface area contributed by atoms with Crippen molar-refractivity contribution in [3.05, 3.63) is 0 Å². The van der Waals surface area contributed by atoms with Crippen molar-refractivity contribution < 1.29 is 9.90 Å². The Morgan fingerprint density at radius 2 is 2.00 bits per heavy atom. The SMILES string of the molecule is CC(NCC(O)C1CC1)C(=O)NC(C)(C)C. The van der Waals surface area contributed by atoms with Gasteiger partial charge in [-0.3, -0.25) is 4.79 Å². The summed E-state index contributed by atoms with van der Waals surface area (Å²) in [6.45, 7) is 8.19. The molecule has 1 rings (SSSR count). The summed E-state index contributed by atoms with van der Waals surface area (Å²) in [4.78, 5) is 11.7. The molecule has 94 valence electrons. The molecule has 0 heterocycles. The highest BCUT2D eigenvalue weighted by Crippen LogP contribution is 2.32. The lowest BCUT2D eigenvalue weighted by Gasteiger charge is -2.24. The first-order chi connectivity index (χ1) is 7.29. The highest BCUT2D eigenvalue weighted by molar-refractivity contribution is 5.81. The summed E-state index contributed by atoms with van der Waals surface area (Å²) in [6.07, 6.45) is 1.93. The Hall–Kier alpha value is -0.610. The van der Waals surface area contributed by atoms with Crippen LogP contribution in [0.1, 0.15) is 40.5 Å². The highest BCUT2D eigenvalue weighted by atomic mass is 16.3. The second-order valence-electron chi connectivity index (χ2n) is 5.77. The summed E-state index contributed by atoms with van der Waals surface area (Å²) in [5, 5.41) is 15.6. The van der Waals surface area contributed by atoms with E-state index >= 15 is 0 Å². The van der Waals surface area contributed by atoms with Crippen molar-refractivity contribution in [2.75, 3.05) is 6.54 Å². The van der Waals surface area contributed by atoms with Crippen molar-refractivity contribution in [2.24, 2.45) is 5.92 Å². The molecule has 0 radical (unpaired) electrons. The normalized spacial score (nSPS) is 20.3. The van der Waals surface area contributed by atoms with Crippen molar-refractivity contribution in [2.45, 2.75) is 58.2 Å². The maximum Gasteiger partial charge on any atom is 0.237 e. The summed E-state index contributed by atoms with van der Waals surface area (Å²) in [6, 6.07) is -0.257. The molecule has 1 aliphatic rings. The Bertz CT molecular complexity index is 244. The largest absolute Gasteiger partial charge is 0.392 e. The second-order valence-corrected chi connectivity index (χ2v) is 5.77. The molecule has 4 heteroatoms. The quantitative estimate of drug-likeness (QED) is 0.647. The molecule has 1 amide bonds. The number of carbonyl (C=O) groups is 1. The third-order valence-electron chi connectivity index (χ3n) is 2.69. The maximum absolute atomic E-state index is 11.7. The van der Waals surface area contributed by atoms with Crippen LogP contribution < -0.4 is 10.6 Å². The van der Waals surface area contributed by atoms with E-state index in [9.17, 15) is 9.90 Å². The Labute approximate surface area is 97.8 Å². The van der Waals surface area contributed by atoms with Gasteiger partial charge in [0, 0.05) is 12.1 Å².